The summed E-state index contributed by atoms with van der Waals surface area (Å²) in [6, 6.07) is 6.27. The number of sulfone groups is 1. The van der Waals surface area contributed by atoms with Crippen LogP contribution in [0.25, 0.3) is 11.0 Å². The van der Waals surface area contributed by atoms with Crippen LogP contribution in [-0.4, -0.2) is 34.5 Å². The predicted octanol–water partition coefficient (Wildman–Crippen LogP) is 4.35. The Morgan fingerprint density at radius 3 is 2.41 bits per heavy atom. The van der Waals surface area contributed by atoms with E-state index in [0.717, 1.165) is 5.56 Å². The number of anilines is 1. The minimum absolute atomic E-state index is 0.00758. The Labute approximate surface area is 197 Å². The predicted molar refractivity (Wildman–Crippen MR) is 128 cm³/mol. The third-order valence-electron chi connectivity index (χ3n) is 6.67. The van der Waals surface area contributed by atoms with Crippen molar-refractivity contribution in [1.82, 2.24) is 14.5 Å². The number of hydrogen-bond acceptors (Lipinski definition) is 6. The highest BCUT2D eigenvalue weighted by molar-refractivity contribution is 7.91. The van der Waals surface area contributed by atoms with E-state index in [1.807, 2.05) is 6.92 Å². The summed E-state index contributed by atoms with van der Waals surface area (Å²) in [6.07, 6.45) is -1.77. The first kappa shape index (κ1) is 24.3. The lowest BCUT2D eigenvalue weighted by Gasteiger charge is -2.24. The molecule has 3 heterocycles. The number of nitrogens with one attached hydrogen (secondary N) is 1. The molecule has 10 heteroatoms. The first-order chi connectivity index (χ1) is 16.0. The first-order valence-corrected chi connectivity index (χ1v) is 13.0. The summed E-state index contributed by atoms with van der Waals surface area (Å²) < 4.78 is 52.0. The van der Waals surface area contributed by atoms with Crippen LogP contribution in [0.4, 0.5) is 14.6 Å². The van der Waals surface area contributed by atoms with E-state index in [-0.39, 0.29) is 34.6 Å². The van der Waals surface area contributed by atoms with Crippen molar-refractivity contribution in [3.8, 4) is 0 Å². The largest absolute Gasteiger partial charge is 0.363 e. The Balaban J connectivity index is 1.78. The highest BCUT2D eigenvalue weighted by Gasteiger charge is 2.28. The number of hydrogen-bond donors (Lipinski definition) is 1. The summed E-state index contributed by atoms with van der Waals surface area (Å²) >= 11 is 0. The molecule has 34 heavy (non-hydrogen) atoms. The Bertz CT molecular complexity index is 1410. The minimum atomic E-state index is -3.06. The number of rotatable bonds is 5. The normalized spacial score (nSPS) is 17.3. The fraction of sp³-hybridized carbons (Fsp3) is 0.458. The van der Waals surface area contributed by atoms with Gasteiger partial charge in [0.2, 0.25) is 0 Å². The Morgan fingerprint density at radius 1 is 1.12 bits per heavy atom. The number of halogens is 2. The van der Waals surface area contributed by atoms with Gasteiger partial charge in [-0.15, -0.1) is 0 Å². The highest BCUT2D eigenvalue weighted by Crippen LogP contribution is 2.33. The summed E-state index contributed by atoms with van der Waals surface area (Å²) in [6.45, 7) is 5.27. The molecule has 0 spiro atoms. The van der Waals surface area contributed by atoms with Gasteiger partial charge >= 0.3 is 0 Å². The van der Waals surface area contributed by atoms with Crippen molar-refractivity contribution >= 4 is 26.7 Å². The second-order valence-corrected chi connectivity index (χ2v) is 11.3. The van der Waals surface area contributed by atoms with Crippen LogP contribution in [0, 0.1) is 13.8 Å². The lowest BCUT2D eigenvalue weighted by Crippen LogP contribution is -2.29. The summed E-state index contributed by atoms with van der Waals surface area (Å²) in [5.41, 5.74) is 2.04. The van der Waals surface area contributed by atoms with Crippen LogP contribution in [0.3, 0.4) is 0 Å². The van der Waals surface area contributed by atoms with Crippen LogP contribution in [0.1, 0.15) is 66.2 Å². The summed E-state index contributed by atoms with van der Waals surface area (Å²) in [5, 5.41) is 3.96. The van der Waals surface area contributed by atoms with E-state index in [1.165, 1.54) is 10.6 Å². The molecule has 1 saturated heterocycles. The maximum Gasteiger partial charge on any atom is 0.264 e. The van der Waals surface area contributed by atoms with E-state index in [9.17, 15) is 22.0 Å². The fourth-order valence-electron chi connectivity index (χ4n) is 4.73. The molecule has 0 unspecified atom stereocenters. The standard InChI is InChI=1S/C24H28F2N4O3S/c1-13-17(6-5-7-18(13)21(25)26)14(2)27-22-20-12-19(16-8-10-34(32,33)11-9-16)24(31)30(4)23(20)29-15(3)28-22/h5-7,12,14,16,21H,8-11H2,1-4H3,(H,27,28,29)/t14-/m1/s1. The molecule has 4 rings (SSSR count). The first-order valence-electron chi connectivity index (χ1n) is 11.2. The molecule has 0 bridgehead atoms. The van der Waals surface area contributed by atoms with Crippen LogP contribution in [0.5, 0.6) is 0 Å². The van der Waals surface area contributed by atoms with Gasteiger partial charge in [-0.2, -0.15) is 0 Å². The van der Waals surface area contributed by atoms with Crippen LogP contribution in [-0.2, 0) is 16.9 Å². The molecule has 1 aliphatic heterocycles. The zero-order chi connectivity index (χ0) is 24.8. The highest BCUT2D eigenvalue weighted by atomic mass is 32.2. The lowest BCUT2D eigenvalue weighted by molar-refractivity contribution is 0.150. The molecule has 0 amide bonds. The molecule has 2 aromatic heterocycles. The van der Waals surface area contributed by atoms with E-state index in [2.05, 4.69) is 15.3 Å². The Kier molecular flexibility index (Phi) is 6.46. The van der Waals surface area contributed by atoms with Crippen molar-refractivity contribution in [2.24, 2.45) is 7.05 Å². The second-order valence-electron chi connectivity index (χ2n) is 8.97. The molecule has 1 N–H and O–H groups in total. The number of aromatic nitrogens is 3. The van der Waals surface area contributed by atoms with Crippen LogP contribution < -0.4 is 10.9 Å². The van der Waals surface area contributed by atoms with Gasteiger partial charge in [-0.05, 0) is 56.7 Å². The molecular weight excluding hydrogens is 462 g/mol. The van der Waals surface area contributed by atoms with Gasteiger partial charge in [0.05, 0.1) is 22.9 Å². The molecule has 0 saturated carbocycles. The molecule has 7 nitrogen and oxygen atoms in total. The van der Waals surface area contributed by atoms with Gasteiger partial charge in [0.15, 0.2) is 0 Å². The van der Waals surface area contributed by atoms with Crippen molar-refractivity contribution in [1.29, 1.82) is 0 Å². The SMILES string of the molecule is Cc1nc(N[C@H](C)c2cccc(C(F)F)c2C)c2cc(C3CCS(=O)(=O)CC3)c(=O)n(C)c2n1. The second kappa shape index (κ2) is 9.05. The fourth-order valence-corrected chi connectivity index (χ4v) is 6.22. The molecule has 182 valence electrons. The number of pyridine rings is 1. The lowest BCUT2D eigenvalue weighted by atomic mass is 9.93. The van der Waals surface area contributed by atoms with Crippen LogP contribution in [0.15, 0.2) is 29.1 Å². The van der Waals surface area contributed by atoms with E-state index in [0.29, 0.717) is 46.6 Å². The molecule has 1 fully saturated rings. The van der Waals surface area contributed by atoms with Gasteiger partial charge in [0.25, 0.3) is 12.0 Å². The number of nitrogens with zero attached hydrogens (tertiary/aromatic N) is 3. The quantitative estimate of drug-likeness (QED) is 0.572. The van der Waals surface area contributed by atoms with Crippen molar-refractivity contribution in [2.75, 3.05) is 16.8 Å². The smallest absolute Gasteiger partial charge is 0.264 e. The average molecular weight is 491 g/mol. The van der Waals surface area contributed by atoms with E-state index in [1.54, 1.807) is 39.1 Å². The van der Waals surface area contributed by atoms with Crippen molar-refractivity contribution in [3.63, 3.8) is 0 Å². The Hall–Kier alpha value is -2.88. The summed E-state index contributed by atoms with van der Waals surface area (Å²) in [7, 11) is -1.42. The molecule has 3 aromatic rings. The minimum Gasteiger partial charge on any atom is -0.363 e. The topological polar surface area (TPSA) is 94.0 Å². The average Bonchev–Trinajstić information content (AvgIpc) is 2.76. The molecule has 0 aliphatic carbocycles. The monoisotopic (exact) mass is 490 g/mol. The van der Waals surface area contributed by atoms with E-state index in [4.69, 9.17) is 0 Å². The summed E-state index contributed by atoms with van der Waals surface area (Å²) in [4.78, 5) is 22.1. The van der Waals surface area contributed by atoms with Crippen molar-refractivity contribution < 1.29 is 17.2 Å². The van der Waals surface area contributed by atoms with E-state index < -0.39 is 16.3 Å². The summed E-state index contributed by atoms with van der Waals surface area (Å²) in [5.74, 6) is 0.920. The van der Waals surface area contributed by atoms with E-state index >= 15 is 0 Å². The number of alkyl halides is 2. The molecule has 1 atom stereocenters. The third-order valence-corrected chi connectivity index (χ3v) is 8.39. The van der Waals surface area contributed by atoms with Gasteiger partial charge in [-0.1, -0.05) is 18.2 Å². The number of aryl methyl sites for hydroxylation is 2. The van der Waals surface area contributed by atoms with Gasteiger partial charge in [0.1, 0.15) is 27.1 Å². The molecular formula is C24H28F2N4O3S. The number of fused-ring (bicyclic) bond motifs is 1. The zero-order valence-corrected chi connectivity index (χ0v) is 20.4. The van der Waals surface area contributed by atoms with Gasteiger partial charge in [-0.3, -0.25) is 9.36 Å². The molecule has 0 radical (unpaired) electrons. The maximum absolute atomic E-state index is 13.4. The number of benzene rings is 1. The molecule has 1 aromatic carbocycles. The van der Waals surface area contributed by atoms with Gasteiger partial charge < -0.3 is 5.32 Å². The maximum atomic E-state index is 13.4. The van der Waals surface area contributed by atoms with Crippen LogP contribution >= 0.6 is 0 Å². The van der Waals surface area contributed by atoms with Crippen molar-refractivity contribution in [3.05, 3.63) is 62.7 Å². The third kappa shape index (κ3) is 4.55. The van der Waals surface area contributed by atoms with Crippen molar-refractivity contribution in [2.45, 2.75) is 52.0 Å². The van der Waals surface area contributed by atoms with Crippen LogP contribution in [0.2, 0.25) is 0 Å². The zero-order valence-electron chi connectivity index (χ0n) is 19.6. The van der Waals surface area contributed by atoms with Gasteiger partial charge in [-0.25, -0.2) is 27.2 Å². The molecule has 1 aliphatic rings. The van der Waals surface area contributed by atoms with Gasteiger partial charge in [0, 0.05) is 18.2 Å². The Morgan fingerprint density at radius 2 is 1.76 bits per heavy atom.